The van der Waals surface area contributed by atoms with Crippen molar-refractivity contribution in [2.75, 3.05) is 26.3 Å². The van der Waals surface area contributed by atoms with Gasteiger partial charge in [-0.05, 0) is 50.6 Å². The van der Waals surface area contributed by atoms with Gasteiger partial charge in [-0.1, -0.05) is 0 Å². The normalized spacial score (nSPS) is 30.0. The molecule has 1 N–H and O–H groups in total. The smallest absolute Gasteiger partial charge is 0.0523 e. The molecule has 12 heavy (non-hydrogen) atoms. The average molecular weight is 169 g/mol. The minimum atomic E-state index is 0.585. The minimum Gasteiger partial charge on any atom is -0.381 e. The van der Waals surface area contributed by atoms with Crippen LogP contribution in [0.1, 0.15) is 32.1 Å². The molecule has 0 aliphatic carbocycles. The molecular weight excluding hydrogens is 150 g/mol. The molecule has 0 radical (unpaired) electrons. The van der Waals surface area contributed by atoms with E-state index < -0.39 is 0 Å². The van der Waals surface area contributed by atoms with E-state index in [-0.39, 0.29) is 0 Å². The van der Waals surface area contributed by atoms with Crippen LogP contribution < -0.4 is 5.32 Å². The average Bonchev–Trinajstić information content (AvgIpc) is 2.47. The third-order valence-electron chi connectivity index (χ3n) is 3.31. The monoisotopic (exact) mass is 169 g/mol. The Labute approximate surface area is 74.7 Å². The van der Waals surface area contributed by atoms with Crippen molar-refractivity contribution in [2.45, 2.75) is 32.1 Å². The number of nitrogens with one attached hydrogen (secondary N) is 1. The van der Waals surface area contributed by atoms with Gasteiger partial charge in [-0.25, -0.2) is 0 Å². The third kappa shape index (κ3) is 1.80. The van der Waals surface area contributed by atoms with E-state index in [0.29, 0.717) is 5.41 Å². The molecule has 0 aromatic carbocycles. The van der Waals surface area contributed by atoms with E-state index in [0.717, 1.165) is 13.2 Å². The second-order valence-corrected chi connectivity index (χ2v) is 4.26. The standard InChI is InChI=1S/C10H19NO/c1-3-10(5-8-12-9-10)4-2-7-11-6-1/h11H,1-9H2. The van der Waals surface area contributed by atoms with Crippen LogP contribution in [0.5, 0.6) is 0 Å². The van der Waals surface area contributed by atoms with Crippen molar-refractivity contribution in [1.29, 1.82) is 0 Å². The summed E-state index contributed by atoms with van der Waals surface area (Å²) < 4.78 is 5.51. The molecule has 0 aromatic heterocycles. The summed E-state index contributed by atoms with van der Waals surface area (Å²) in [6, 6.07) is 0. The van der Waals surface area contributed by atoms with Gasteiger partial charge in [0.25, 0.3) is 0 Å². The van der Waals surface area contributed by atoms with Crippen molar-refractivity contribution in [3.8, 4) is 0 Å². The van der Waals surface area contributed by atoms with Gasteiger partial charge in [0.15, 0.2) is 0 Å². The van der Waals surface area contributed by atoms with Crippen LogP contribution in [0, 0.1) is 5.41 Å². The van der Waals surface area contributed by atoms with Gasteiger partial charge in [0, 0.05) is 6.61 Å². The van der Waals surface area contributed by atoms with Crippen molar-refractivity contribution in [3.05, 3.63) is 0 Å². The van der Waals surface area contributed by atoms with E-state index in [4.69, 9.17) is 4.74 Å². The van der Waals surface area contributed by atoms with Crippen molar-refractivity contribution in [2.24, 2.45) is 5.41 Å². The third-order valence-corrected chi connectivity index (χ3v) is 3.31. The van der Waals surface area contributed by atoms with Gasteiger partial charge in [0.2, 0.25) is 0 Å². The zero-order chi connectivity index (χ0) is 8.28. The van der Waals surface area contributed by atoms with E-state index >= 15 is 0 Å². The Morgan fingerprint density at radius 3 is 2.33 bits per heavy atom. The molecule has 0 saturated carbocycles. The fourth-order valence-electron chi connectivity index (χ4n) is 2.47. The molecule has 2 fully saturated rings. The molecule has 0 aromatic rings. The fraction of sp³-hybridized carbons (Fsp3) is 1.00. The van der Waals surface area contributed by atoms with Crippen LogP contribution in [-0.2, 0) is 4.74 Å². The summed E-state index contributed by atoms with van der Waals surface area (Å²) in [5.41, 5.74) is 0.585. The lowest BCUT2D eigenvalue weighted by Crippen LogP contribution is -2.29. The molecule has 1 spiro atoms. The van der Waals surface area contributed by atoms with Crippen LogP contribution >= 0.6 is 0 Å². The lowest BCUT2D eigenvalue weighted by Gasteiger charge is -2.29. The van der Waals surface area contributed by atoms with Crippen LogP contribution in [0.2, 0.25) is 0 Å². The van der Waals surface area contributed by atoms with Crippen LogP contribution in [0.25, 0.3) is 0 Å². The van der Waals surface area contributed by atoms with Crippen molar-refractivity contribution >= 4 is 0 Å². The van der Waals surface area contributed by atoms with Gasteiger partial charge in [-0.3, -0.25) is 0 Å². The number of ether oxygens (including phenoxy) is 1. The Kier molecular flexibility index (Phi) is 2.66. The SMILES string of the molecule is C1CNCCCC2(C1)CCOC2. The quantitative estimate of drug-likeness (QED) is 0.594. The first-order valence-electron chi connectivity index (χ1n) is 5.20. The highest BCUT2D eigenvalue weighted by atomic mass is 16.5. The Bertz CT molecular complexity index is 131. The Balaban J connectivity index is 1.92. The summed E-state index contributed by atoms with van der Waals surface area (Å²) in [6.45, 7) is 4.46. The fourth-order valence-corrected chi connectivity index (χ4v) is 2.47. The lowest BCUT2D eigenvalue weighted by atomic mass is 9.78. The number of rotatable bonds is 0. The molecule has 2 rings (SSSR count). The summed E-state index contributed by atoms with van der Waals surface area (Å²) in [4.78, 5) is 0. The molecule has 0 bridgehead atoms. The van der Waals surface area contributed by atoms with Gasteiger partial charge < -0.3 is 10.1 Å². The van der Waals surface area contributed by atoms with Crippen LogP contribution in [-0.4, -0.2) is 26.3 Å². The van der Waals surface area contributed by atoms with Gasteiger partial charge in [0.05, 0.1) is 6.61 Å². The van der Waals surface area contributed by atoms with E-state index in [1.807, 2.05) is 0 Å². The molecule has 2 heteroatoms. The lowest BCUT2D eigenvalue weighted by molar-refractivity contribution is 0.133. The topological polar surface area (TPSA) is 21.3 Å². The molecule has 0 unspecified atom stereocenters. The minimum absolute atomic E-state index is 0.585. The maximum atomic E-state index is 5.51. The summed E-state index contributed by atoms with van der Waals surface area (Å²) in [5.74, 6) is 0. The van der Waals surface area contributed by atoms with Gasteiger partial charge in [-0.2, -0.15) is 0 Å². The van der Waals surface area contributed by atoms with Gasteiger partial charge in [0.1, 0.15) is 0 Å². The highest BCUT2D eigenvalue weighted by molar-refractivity contribution is 4.84. The van der Waals surface area contributed by atoms with Gasteiger partial charge >= 0.3 is 0 Å². The number of hydrogen-bond donors (Lipinski definition) is 1. The van der Waals surface area contributed by atoms with E-state index in [2.05, 4.69) is 5.32 Å². The summed E-state index contributed by atoms with van der Waals surface area (Å²) in [7, 11) is 0. The molecule has 2 nitrogen and oxygen atoms in total. The number of hydrogen-bond acceptors (Lipinski definition) is 2. The molecule has 70 valence electrons. The largest absolute Gasteiger partial charge is 0.381 e. The maximum Gasteiger partial charge on any atom is 0.0523 e. The second kappa shape index (κ2) is 3.75. The molecule has 2 aliphatic rings. The zero-order valence-electron chi connectivity index (χ0n) is 7.77. The van der Waals surface area contributed by atoms with Crippen LogP contribution in [0.3, 0.4) is 0 Å². The Hall–Kier alpha value is -0.0800. The Morgan fingerprint density at radius 2 is 1.75 bits per heavy atom. The molecule has 2 heterocycles. The first-order chi connectivity index (χ1) is 5.91. The molecule has 0 atom stereocenters. The van der Waals surface area contributed by atoms with E-state index in [9.17, 15) is 0 Å². The summed E-state index contributed by atoms with van der Waals surface area (Å²) >= 11 is 0. The first kappa shape index (κ1) is 8.52. The highest BCUT2D eigenvalue weighted by Crippen LogP contribution is 2.38. The van der Waals surface area contributed by atoms with Crippen LogP contribution in [0.4, 0.5) is 0 Å². The molecule has 0 amide bonds. The molecule has 2 aliphatic heterocycles. The summed E-state index contributed by atoms with van der Waals surface area (Å²) in [5, 5.41) is 3.45. The van der Waals surface area contributed by atoms with Crippen LogP contribution in [0.15, 0.2) is 0 Å². The van der Waals surface area contributed by atoms with E-state index in [1.54, 1.807) is 0 Å². The summed E-state index contributed by atoms with van der Waals surface area (Å²) in [6.07, 6.45) is 6.74. The maximum absolute atomic E-state index is 5.51. The first-order valence-corrected chi connectivity index (χ1v) is 5.20. The predicted octanol–water partition coefficient (Wildman–Crippen LogP) is 1.56. The molecule has 2 saturated heterocycles. The van der Waals surface area contributed by atoms with Crippen molar-refractivity contribution in [1.82, 2.24) is 5.32 Å². The van der Waals surface area contributed by atoms with Crippen molar-refractivity contribution in [3.63, 3.8) is 0 Å². The highest BCUT2D eigenvalue weighted by Gasteiger charge is 2.34. The van der Waals surface area contributed by atoms with E-state index in [1.165, 1.54) is 45.2 Å². The predicted molar refractivity (Wildman–Crippen MR) is 49.2 cm³/mol. The van der Waals surface area contributed by atoms with Gasteiger partial charge in [-0.15, -0.1) is 0 Å². The van der Waals surface area contributed by atoms with Crippen molar-refractivity contribution < 1.29 is 4.74 Å². The zero-order valence-corrected chi connectivity index (χ0v) is 7.77. The Morgan fingerprint density at radius 1 is 1.00 bits per heavy atom. The molecular formula is C10H19NO. The second-order valence-electron chi connectivity index (χ2n) is 4.26.